The first-order valence-electron chi connectivity index (χ1n) is 15.5. The Bertz CT molecular complexity index is 1260. The number of primary amides is 1. The molecule has 0 aromatic heterocycles. The lowest BCUT2D eigenvalue weighted by molar-refractivity contribution is -0.326. The maximum atomic E-state index is 13.0. The van der Waals surface area contributed by atoms with Gasteiger partial charge in [-0.3, -0.25) is 24.0 Å². The number of hydrogen-bond acceptors (Lipinski definition) is 16. The van der Waals surface area contributed by atoms with Gasteiger partial charge in [0, 0.05) is 25.7 Å². The number of benzene rings is 1. The highest BCUT2D eigenvalue weighted by atomic mass is 16.7. The lowest BCUT2D eigenvalue weighted by Gasteiger charge is -2.42. The number of ether oxygens (including phenoxy) is 3. The molecule has 1 aromatic rings. The molecule has 0 bridgehead atoms. The number of aliphatic hydroxyl groups excluding tert-OH is 8. The van der Waals surface area contributed by atoms with E-state index in [0.29, 0.717) is 11.1 Å². The third kappa shape index (κ3) is 12.4. The zero-order valence-electron chi connectivity index (χ0n) is 27.0. The molecule has 1 saturated heterocycles. The van der Waals surface area contributed by atoms with Crippen LogP contribution in [0.4, 0.5) is 0 Å². The summed E-state index contributed by atoms with van der Waals surface area (Å²) in [6.45, 7) is 0.840. The first-order valence-corrected chi connectivity index (χ1v) is 15.5. The van der Waals surface area contributed by atoms with E-state index < -0.39 is 122 Å². The van der Waals surface area contributed by atoms with E-state index in [-0.39, 0.29) is 19.4 Å². The fraction of sp³-hybridized carbons (Fsp3) is 0.645. The molecule has 1 aliphatic heterocycles. The lowest BCUT2D eigenvalue weighted by Crippen LogP contribution is -2.61. The smallest absolute Gasteiger partial charge is 0.302 e. The van der Waals surface area contributed by atoms with Crippen molar-refractivity contribution in [1.29, 1.82) is 0 Å². The maximum Gasteiger partial charge on any atom is 0.302 e. The van der Waals surface area contributed by atoms with E-state index in [1.807, 2.05) is 0 Å². The van der Waals surface area contributed by atoms with Crippen LogP contribution in [0.25, 0.3) is 0 Å². The van der Waals surface area contributed by atoms with Gasteiger partial charge in [0.25, 0.3) is 0 Å². The van der Waals surface area contributed by atoms with Gasteiger partial charge < -0.3 is 66.1 Å². The quantitative estimate of drug-likeness (QED) is 0.0572. The predicted molar refractivity (Wildman–Crippen MR) is 164 cm³/mol. The predicted octanol–water partition coefficient (Wildman–Crippen LogP) is -4.53. The Morgan fingerprint density at radius 2 is 1.55 bits per heavy atom. The minimum atomic E-state index is -2.25. The summed E-state index contributed by atoms with van der Waals surface area (Å²) in [4.78, 5) is 61.3. The van der Waals surface area contributed by atoms with Crippen LogP contribution in [0.2, 0.25) is 0 Å². The minimum absolute atomic E-state index is 0.0431. The van der Waals surface area contributed by atoms with Gasteiger partial charge in [-0.05, 0) is 17.5 Å². The van der Waals surface area contributed by atoms with Crippen LogP contribution in [0, 0.1) is 5.92 Å². The van der Waals surface area contributed by atoms with Crippen molar-refractivity contribution in [1.82, 2.24) is 5.32 Å². The Hall–Kier alpha value is -3.43. The second kappa shape index (κ2) is 19.7. The summed E-state index contributed by atoms with van der Waals surface area (Å²) in [6.07, 6.45) is -18.7. The molecule has 49 heavy (non-hydrogen) atoms. The van der Waals surface area contributed by atoms with Gasteiger partial charge in [0.2, 0.25) is 11.8 Å². The van der Waals surface area contributed by atoms with Gasteiger partial charge in [-0.15, -0.1) is 0 Å². The zero-order chi connectivity index (χ0) is 37.0. The number of amides is 2. The van der Waals surface area contributed by atoms with Gasteiger partial charge in [-0.25, -0.2) is 0 Å². The SMILES string of the molecule is CC(=O)OCc1ccc(CC(=O)C(CC(N)=O)NC(=O)C(C)CCC(=O)[C@H](O)[C@H](O)[C@@H](O[C@@H]2O[C@H](CO)[C@H](O)[C@H](O)[C@H]2O)[C@H](O)CO)cc1. The van der Waals surface area contributed by atoms with Gasteiger partial charge >= 0.3 is 5.97 Å². The molecule has 18 nitrogen and oxygen atoms in total. The third-order valence-electron chi connectivity index (χ3n) is 7.92. The molecule has 2 unspecified atom stereocenters. The average molecular weight is 703 g/mol. The van der Waals surface area contributed by atoms with Gasteiger partial charge in [0.05, 0.1) is 25.7 Å². The molecule has 2 amide bonds. The standard InChI is InChI=1S/C31H46N2O16/c1-14(30(46)33-18(10-23(32)40)20(38)9-16-4-6-17(7-5-16)13-47-15(2)36)3-8-19(37)24(41)27(44)29(21(39)11-34)49-31-28(45)26(43)25(42)22(12-35)48-31/h4-7,14,18,21-22,24-29,31,34-35,39,41-45H,3,8-13H2,1-2H3,(H2,32,40)(H,33,46)/t14?,18?,21-,22-,24+,25+,26+,27+,28-,29+,31+/m1/s1. The van der Waals surface area contributed by atoms with E-state index in [1.54, 1.807) is 24.3 Å². The van der Waals surface area contributed by atoms with E-state index >= 15 is 0 Å². The summed E-state index contributed by atoms with van der Waals surface area (Å²) in [5.41, 5.74) is 6.51. The number of esters is 1. The Balaban J connectivity index is 2.00. The van der Waals surface area contributed by atoms with Gasteiger partial charge in [-0.2, -0.15) is 0 Å². The number of ketones is 2. The highest BCUT2D eigenvalue weighted by Crippen LogP contribution is 2.25. The van der Waals surface area contributed by atoms with Crippen molar-refractivity contribution < 1.29 is 79.0 Å². The van der Waals surface area contributed by atoms with Crippen LogP contribution >= 0.6 is 0 Å². The molecule has 0 spiro atoms. The molecule has 276 valence electrons. The molecule has 1 heterocycles. The van der Waals surface area contributed by atoms with E-state index in [1.165, 1.54) is 13.8 Å². The van der Waals surface area contributed by atoms with E-state index in [2.05, 4.69) is 5.32 Å². The maximum absolute atomic E-state index is 13.0. The van der Waals surface area contributed by atoms with E-state index in [4.69, 9.17) is 19.9 Å². The van der Waals surface area contributed by atoms with Gasteiger partial charge in [0.1, 0.15) is 55.4 Å². The Morgan fingerprint density at radius 3 is 2.10 bits per heavy atom. The molecule has 0 radical (unpaired) electrons. The number of nitrogens with one attached hydrogen (secondary N) is 1. The summed E-state index contributed by atoms with van der Waals surface area (Å²) in [5.74, 6) is -4.56. The number of aliphatic hydroxyl groups is 8. The van der Waals surface area contributed by atoms with Crippen LogP contribution in [0.1, 0.15) is 44.2 Å². The Morgan fingerprint density at radius 1 is 0.939 bits per heavy atom. The van der Waals surface area contributed by atoms with Crippen LogP contribution < -0.4 is 11.1 Å². The number of rotatable bonds is 20. The van der Waals surface area contributed by atoms with Crippen LogP contribution in [-0.4, -0.2) is 145 Å². The molecule has 0 saturated carbocycles. The lowest BCUT2D eigenvalue weighted by atomic mass is 9.94. The van der Waals surface area contributed by atoms with Crippen molar-refractivity contribution in [2.24, 2.45) is 11.7 Å². The van der Waals surface area contributed by atoms with Crippen LogP contribution in [0.3, 0.4) is 0 Å². The normalized spacial score (nSPS) is 24.5. The van der Waals surface area contributed by atoms with Crippen molar-refractivity contribution in [2.45, 2.75) is 107 Å². The van der Waals surface area contributed by atoms with Crippen LogP contribution in [0.5, 0.6) is 0 Å². The molecule has 11 atom stereocenters. The topological polar surface area (TPSA) is 313 Å². The van der Waals surface area contributed by atoms with Crippen molar-refractivity contribution in [3.05, 3.63) is 35.4 Å². The molecular weight excluding hydrogens is 656 g/mol. The molecule has 18 heteroatoms. The first kappa shape index (κ1) is 41.7. The van der Waals surface area contributed by atoms with Crippen LogP contribution in [0.15, 0.2) is 24.3 Å². The fourth-order valence-corrected chi connectivity index (χ4v) is 4.87. The summed E-state index contributed by atoms with van der Waals surface area (Å²) < 4.78 is 15.4. The third-order valence-corrected chi connectivity index (χ3v) is 7.92. The van der Waals surface area contributed by atoms with Crippen molar-refractivity contribution in [3.8, 4) is 0 Å². The second-order valence-corrected chi connectivity index (χ2v) is 11.9. The zero-order valence-corrected chi connectivity index (χ0v) is 27.0. The molecule has 2 rings (SSSR count). The average Bonchev–Trinajstić information content (AvgIpc) is 3.07. The molecule has 0 aliphatic carbocycles. The number of carbonyl (C=O) groups is 5. The molecular formula is C31H46N2O16. The summed E-state index contributed by atoms with van der Waals surface area (Å²) in [7, 11) is 0. The number of nitrogens with two attached hydrogens (primary N) is 1. The first-order chi connectivity index (χ1) is 23.0. The monoisotopic (exact) mass is 702 g/mol. The molecule has 1 aliphatic rings. The highest BCUT2D eigenvalue weighted by molar-refractivity contribution is 5.94. The Labute approximate surface area is 281 Å². The second-order valence-electron chi connectivity index (χ2n) is 11.9. The summed E-state index contributed by atoms with van der Waals surface area (Å²) in [6, 6.07) is 5.23. The number of Topliss-reactive ketones (excluding diaryl/α,β-unsaturated/α-hetero) is 2. The van der Waals surface area contributed by atoms with E-state index in [0.717, 1.165) is 0 Å². The van der Waals surface area contributed by atoms with Gasteiger partial charge in [-0.1, -0.05) is 31.2 Å². The van der Waals surface area contributed by atoms with Crippen molar-refractivity contribution in [2.75, 3.05) is 13.2 Å². The summed E-state index contributed by atoms with van der Waals surface area (Å²) >= 11 is 0. The van der Waals surface area contributed by atoms with Gasteiger partial charge in [0.15, 0.2) is 17.9 Å². The minimum Gasteiger partial charge on any atom is -0.461 e. The number of carbonyl (C=O) groups excluding carboxylic acids is 5. The Kier molecular flexibility index (Phi) is 16.8. The highest BCUT2D eigenvalue weighted by Gasteiger charge is 2.47. The summed E-state index contributed by atoms with van der Waals surface area (Å²) in [5, 5.41) is 82.8. The van der Waals surface area contributed by atoms with Crippen molar-refractivity contribution >= 4 is 29.4 Å². The molecule has 1 aromatic carbocycles. The van der Waals surface area contributed by atoms with Crippen molar-refractivity contribution in [3.63, 3.8) is 0 Å². The largest absolute Gasteiger partial charge is 0.461 e. The van der Waals surface area contributed by atoms with E-state index in [9.17, 15) is 64.8 Å². The molecule has 1 fully saturated rings. The molecule has 11 N–H and O–H groups in total. The fourth-order valence-electron chi connectivity index (χ4n) is 4.87. The van der Waals surface area contributed by atoms with Crippen LogP contribution in [-0.2, 0) is 51.2 Å². The number of hydrogen-bond donors (Lipinski definition) is 10.